The molecule has 0 aliphatic carbocycles. The van der Waals surface area contributed by atoms with E-state index in [1.165, 1.54) is 12.1 Å². The lowest BCUT2D eigenvalue weighted by atomic mass is 10.1. The van der Waals surface area contributed by atoms with Crippen LogP contribution in [0.15, 0.2) is 114 Å². The van der Waals surface area contributed by atoms with Gasteiger partial charge in [0.25, 0.3) is 0 Å². The highest BCUT2D eigenvalue weighted by Crippen LogP contribution is 2.39. The van der Waals surface area contributed by atoms with Crippen LogP contribution in [0.25, 0.3) is 0 Å². The number of ether oxygens (including phenoxy) is 4. The molecule has 12 nitrogen and oxygen atoms in total. The summed E-state index contributed by atoms with van der Waals surface area (Å²) < 4.78 is 51.3. The number of anilines is 5. The second-order valence-electron chi connectivity index (χ2n) is 12.3. The van der Waals surface area contributed by atoms with Crippen molar-refractivity contribution in [3.8, 4) is 34.5 Å². The molecule has 9 rings (SSSR count). The van der Waals surface area contributed by atoms with Crippen molar-refractivity contribution in [3.63, 3.8) is 0 Å². The van der Waals surface area contributed by atoms with E-state index in [0.717, 1.165) is 10.2 Å². The molecular weight excluding hydrogens is 764 g/mol. The molecule has 0 bridgehead atoms. The van der Waals surface area contributed by atoms with Crippen molar-refractivity contribution in [1.82, 2.24) is 19.9 Å². The molecule has 3 aliphatic rings. The summed E-state index contributed by atoms with van der Waals surface area (Å²) in [7, 11) is 0. The lowest BCUT2D eigenvalue weighted by molar-refractivity contribution is 0.142. The third-order valence-corrected chi connectivity index (χ3v) is 9.11. The third-order valence-electron chi connectivity index (χ3n) is 8.62. The van der Waals surface area contributed by atoms with Crippen LogP contribution >= 0.6 is 15.9 Å². The summed E-state index contributed by atoms with van der Waals surface area (Å²) in [6.07, 6.45) is 6.11. The van der Waals surface area contributed by atoms with Gasteiger partial charge in [0.1, 0.15) is 24.7 Å². The zero-order valence-corrected chi connectivity index (χ0v) is 30.1. The van der Waals surface area contributed by atoms with E-state index in [9.17, 15) is 13.9 Å². The van der Waals surface area contributed by atoms with Crippen molar-refractivity contribution >= 4 is 44.9 Å². The lowest BCUT2D eigenvalue weighted by Crippen LogP contribution is -2.50. The quantitative estimate of drug-likeness (QED) is 0.170. The molecular formula is C39H32BrF2N7O5. The number of aromatic nitrogens is 4. The molecule has 3 aliphatic heterocycles. The average Bonchev–Trinajstić information content (AvgIpc) is 3.18. The van der Waals surface area contributed by atoms with Crippen LogP contribution in [0.2, 0.25) is 0 Å². The molecule has 0 amide bonds. The van der Waals surface area contributed by atoms with Crippen LogP contribution in [0.5, 0.6) is 34.5 Å². The Kier molecular flexibility index (Phi) is 10.0. The van der Waals surface area contributed by atoms with Gasteiger partial charge in [-0.1, -0.05) is 40.2 Å². The number of hydrogen-bond donors (Lipinski definition) is 1. The Morgan fingerprint density at radius 3 is 1.61 bits per heavy atom. The maximum absolute atomic E-state index is 14.0. The fourth-order valence-corrected chi connectivity index (χ4v) is 6.43. The summed E-state index contributed by atoms with van der Waals surface area (Å²) in [6.45, 7) is 3.05. The molecule has 1 saturated heterocycles. The number of hydrogen-bond acceptors (Lipinski definition) is 12. The van der Waals surface area contributed by atoms with Gasteiger partial charge in [-0.3, -0.25) is 0 Å². The summed E-state index contributed by atoms with van der Waals surface area (Å²) in [5, 5.41) is 9.47. The topological polar surface area (TPSA) is 118 Å². The van der Waals surface area contributed by atoms with Crippen LogP contribution < -0.4 is 33.6 Å². The van der Waals surface area contributed by atoms with Crippen LogP contribution in [0.1, 0.15) is 0 Å². The molecule has 54 heavy (non-hydrogen) atoms. The molecule has 1 N–H and O–H groups in total. The Morgan fingerprint density at radius 2 is 1.11 bits per heavy atom. The minimum absolute atomic E-state index is 0.218. The Hall–Kier alpha value is -6.06. The third kappa shape index (κ3) is 7.68. The van der Waals surface area contributed by atoms with Crippen molar-refractivity contribution in [1.29, 1.82) is 0 Å². The van der Waals surface area contributed by atoms with E-state index < -0.39 is 11.6 Å². The second-order valence-corrected chi connectivity index (χ2v) is 13.2. The van der Waals surface area contributed by atoms with Gasteiger partial charge < -0.3 is 38.8 Å². The number of para-hydroxylation sites is 2. The van der Waals surface area contributed by atoms with Crippen LogP contribution in [0.3, 0.4) is 0 Å². The van der Waals surface area contributed by atoms with E-state index in [2.05, 4.69) is 40.8 Å². The van der Waals surface area contributed by atoms with Crippen LogP contribution in [-0.2, 0) is 0 Å². The van der Waals surface area contributed by atoms with Gasteiger partial charge in [-0.05, 0) is 54.6 Å². The van der Waals surface area contributed by atoms with Crippen LogP contribution in [0.4, 0.5) is 37.7 Å². The number of halogens is 3. The van der Waals surface area contributed by atoms with Gasteiger partial charge in [-0.25, -0.2) is 28.7 Å². The maximum atomic E-state index is 14.0. The molecule has 0 atom stereocenters. The first kappa shape index (κ1) is 35.0. The fraction of sp³-hybridized carbons (Fsp3) is 0.179. The Bertz CT molecular complexity index is 2250. The first-order valence-corrected chi connectivity index (χ1v) is 17.8. The molecule has 15 heteroatoms. The summed E-state index contributed by atoms with van der Waals surface area (Å²) in [5.74, 6) is 2.95. The standard InChI is InChI=1S/C21H19FN4O3.C18H13BrFN3O2/c22-18-5-2-6-19-20(18)28-8-7-26(19)21-23-10-17(11-24-21)29-16-4-1-3-14(9-16)25-12-15(27)13-25;19-12-3-1-4-13(9-12)25-14-10-21-18(22-11-14)23-7-8-24-17-15(20)5-2-6-16(17)23/h1-6,9-11,15,27H,7-8,12-13H2;1-6,9-11H,7-8H2. The highest BCUT2D eigenvalue weighted by atomic mass is 79.9. The molecule has 6 aromatic rings. The van der Waals surface area contributed by atoms with E-state index in [4.69, 9.17) is 18.9 Å². The molecule has 274 valence electrons. The van der Waals surface area contributed by atoms with E-state index in [0.29, 0.717) is 85.7 Å². The van der Waals surface area contributed by atoms with Crippen molar-refractivity contribution < 1.29 is 32.8 Å². The SMILES string of the molecule is Fc1cccc2c1OCCN2c1ncc(Oc2cccc(Br)c2)cn1.OC1CN(c2cccc(Oc3cnc(N4CCOc5c(F)cccc54)nc3)c2)C1. The minimum Gasteiger partial charge on any atom is -0.486 e. The zero-order chi connectivity index (χ0) is 37.0. The van der Waals surface area contributed by atoms with Gasteiger partial charge in [-0.2, -0.15) is 0 Å². The molecule has 2 aromatic heterocycles. The van der Waals surface area contributed by atoms with Crippen molar-refractivity contribution in [2.24, 2.45) is 0 Å². The highest BCUT2D eigenvalue weighted by Gasteiger charge is 2.26. The van der Waals surface area contributed by atoms with E-state index in [-0.39, 0.29) is 17.6 Å². The Balaban J connectivity index is 0.000000155. The number of rotatable bonds is 7. The van der Waals surface area contributed by atoms with Crippen LogP contribution in [0, 0.1) is 11.6 Å². The van der Waals surface area contributed by atoms with Gasteiger partial charge in [-0.15, -0.1) is 0 Å². The van der Waals surface area contributed by atoms with Gasteiger partial charge in [0.05, 0.1) is 55.4 Å². The number of aliphatic hydroxyl groups is 1. The maximum Gasteiger partial charge on any atom is 0.230 e. The second kappa shape index (κ2) is 15.5. The first-order chi connectivity index (χ1) is 26.4. The number of nitrogens with zero attached hydrogens (tertiary/aromatic N) is 7. The summed E-state index contributed by atoms with van der Waals surface area (Å²) in [5.41, 5.74) is 2.22. The molecule has 0 spiro atoms. The van der Waals surface area contributed by atoms with Gasteiger partial charge >= 0.3 is 0 Å². The number of aliphatic hydroxyl groups excluding tert-OH is 1. The minimum atomic E-state index is -0.401. The van der Waals surface area contributed by atoms with E-state index >= 15 is 0 Å². The molecule has 0 radical (unpaired) electrons. The number of β-amino-alcohol motifs (C(OH)–C–C–N with tert-alkyl or cyclic N) is 1. The first-order valence-electron chi connectivity index (χ1n) is 17.0. The molecule has 1 fully saturated rings. The monoisotopic (exact) mass is 795 g/mol. The van der Waals surface area contributed by atoms with Crippen LogP contribution in [-0.4, -0.2) is 70.5 Å². The van der Waals surface area contributed by atoms with Crippen molar-refractivity contribution in [3.05, 3.63) is 126 Å². The molecule has 5 heterocycles. The molecule has 0 saturated carbocycles. The Morgan fingerprint density at radius 1 is 0.630 bits per heavy atom. The van der Waals surface area contributed by atoms with Crippen molar-refractivity contribution in [2.45, 2.75) is 6.10 Å². The summed E-state index contributed by atoms with van der Waals surface area (Å²) in [4.78, 5) is 23.2. The van der Waals surface area contributed by atoms with Gasteiger partial charge in [0.2, 0.25) is 11.9 Å². The predicted octanol–water partition coefficient (Wildman–Crippen LogP) is 7.82. The van der Waals surface area contributed by atoms with Crippen molar-refractivity contribution in [2.75, 3.05) is 54.1 Å². The number of fused-ring (bicyclic) bond motifs is 2. The van der Waals surface area contributed by atoms with E-state index in [1.807, 2.05) is 58.3 Å². The Labute approximate surface area is 317 Å². The molecule has 0 unspecified atom stereocenters. The largest absolute Gasteiger partial charge is 0.486 e. The normalized spacial score (nSPS) is 14.7. The average molecular weight is 797 g/mol. The molecule has 4 aromatic carbocycles. The number of benzene rings is 4. The highest BCUT2D eigenvalue weighted by molar-refractivity contribution is 9.10. The summed E-state index contributed by atoms with van der Waals surface area (Å²) >= 11 is 3.40. The lowest BCUT2D eigenvalue weighted by Gasteiger charge is -2.37. The van der Waals surface area contributed by atoms with E-state index in [1.54, 1.807) is 49.1 Å². The predicted molar refractivity (Wildman–Crippen MR) is 201 cm³/mol. The smallest absolute Gasteiger partial charge is 0.230 e. The van der Waals surface area contributed by atoms with Gasteiger partial charge in [0.15, 0.2) is 34.6 Å². The fourth-order valence-electron chi connectivity index (χ4n) is 6.06. The summed E-state index contributed by atoms with van der Waals surface area (Å²) in [6, 6.07) is 24.7. The zero-order valence-electron chi connectivity index (χ0n) is 28.6. The van der Waals surface area contributed by atoms with Gasteiger partial charge in [0, 0.05) is 29.3 Å².